The van der Waals surface area contributed by atoms with Gasteiger partial charge < -0.3 is 5.11 Å². The van der Waals surface area contributed by atoms with Crippen LogP contribution in [0.5, 0.6) is 0 Å². The van der Waals surface area contributed by atoms with Gasteiger partial charge in [0.1, 0.15) is 5.69 Å². The van der Waals surface area contributed by atoms with E-state index in [0.717, 1.165) is 18.5 Å². The Morgan fingerprint density at radius 2 is 2.27 bits per heavy atom. The summed E-state index contributed by atoms with van der Waals surface area (Å²) >= 11 is 0. The van der Waals surface area contributed by atoms with Gasteiger partial charge in [0.25, 0.3) is 0 Å². The maximum Gasteiger partial charge on any atom is 0.354 e. The molecule has 4 nitrogen and oxygen atoms in total. The zero-order chi connectivity index (χ0) is 11.4. The van der Waals surface area contributed by atoms with E-state index in [9.17, 15) is 4.79 Å². The van der Waals surface area contributed by atoms with E-state index in [2.05, 4.69) is 18.9 Å². The Morgan fingerprint density at radius 3 is 2.73 bits per heavy atom. The van der Waals surface area contributed by atoms with Crippen molar-refractivity contribution < 1.29 is 9.90 Å². The average molecular weight is 210 g/mol. The van der Waals surface area contributed by atoms with Gasteiger partial charge in [0.05, 0.1) is 5.69 Å². The number of carbonyl (C=O) groups is 1. The zero-order valence-electron chi connectivity index (χ0n) is 9.53. The Hall–Kier alpha value is -1.32. The van der Waals surface area contributed by atoms with Crippen LogP contribution in [0.1, 0.15) is 43.4 Å². The van der Waals surface area contributed by atoms with Gasteiger partial charge >= 0.3 is 5.97 Å². The largest absolute Gasteiger partial charge is 0.477 e. The van der Waals surface area contributed by atoms with Crippen molar-refractivity contribution >= 4 is 5.97 Å². The van der Waals surface area contributed by atoms with Crippen molar-refractivity contribution in [3.63, 3.8) is 0 Å². The topological polar surface area (TPSA) is 55.1 Å². The highest BCUT2D eigenvalue weighted by Crippen LogP contribution is 2.09. The molecule has 0 bridgehead atoms. The van der Waals surface area contributed by atoms with Gasteiger partial charge in [-0.05, 0) is 24.8 Å². The fraction of sp³-hybridized carbons (Fsp3) is 0.636. The number of nitrogens with zero attached hydrogens (tertiary/aromatic N) is 2. The van der Waals surface area contributed by atoms with E-state index in [4.69, 9.17) is 5.11 Å². The normalized spacial score (nSPS) is 10.9. The number of hydrogen-bond donors (Lipinski definition) is 1. The molecule has 0 aliphatic carbocycles. The van der Waals surface area contributed by atoms with E-state index < -0.39 is 5.97 Å². The summed E-state index contributed by atoms with van der Waals surface area (Å²) < 4.78 is 1.60. The number of aromatic nitrogens is 2. The molecule has 1 aromatic heterocycles. The Kier molecular flexibility index (Phi) is 3.88. The Bertz CT molecular complexity index is 342. The van der Waals surface area contributed by atoms with Crippen LogP contribution in [0.4, 0.5) is 0 Å². The zero-order valence-corrected chi connectivity index (χ0v) is 9.53. The lowest BCUT2D eigenvalue weighted by Crippen LogP contribution is -2.11. The second-order valence-electron chi connectivity index (χ2n) is 4.09. The lowest BCUT2D eigenvalue weighted by molar-refractivity contribution is 0.0682. The number of carboxylic acids is 1. The molecule has 1 heterocycles. The molecule has 0 aliphatic rings. The smallest absolute Gasteiger partial charge is 0.354 e. The lowest BCUT2D eigenvalue weighted by Gasteiger charge is -2.06. The summed E-state index contributed by atoms with van der Waals surface area (Å²) in [6, 6.07) is 1.66. The van der Waals surface area contributed by atoms with E-state index in [1.54, 1.807) is 10.7 Å². The van der Waals surface area contributed by atoms with Gasteiger partial charge in [0, 0.05) is 6.54 Å². The first-order valence-corrected chi connectivity index (χ1v) is 5.34. The second-order valence-corrected chi connectivity index (χ2v) is 4.09. The molecule has 0 spiro atoms. The van der Waals surface area contributed by atoms with Crippen LogP contribution in [0, 0.1) is 5.92 Å². The molecule has 0 radical (unpaired) electrons. The predicted octanol–water partition coefficient (Wildman–Crippen LogP) is 2.19. The lowest BCUT2D eigenvalue weighted by atomic mass is 10.1. The monoisotopic (exact) mass is 210 g/mol. The molecular weight excluding hydrogens is 192 g/mol. The maximum absolute atomic E-state index is 10.9. The molecule has 15 heavy (non-hydrogen) atoms. The Labute approximate surface area is 89.9 Å². The SMILES string of the molecule is CCc1cc(C(=O)O)n(CCC(C)C)n1. The van der Waals surface area contributed by atoms with Gasteiger partial charge in [-0.25, -0.2) is 4.79 Å². The second kappa shape index (κ2) is 4.96. The van der Waals surface area contributed by atoms with E-state index in [-0.39, 0.29) is 0 Å². The molecule has 0 saturated carbocycles. The van der Waals surface area contributed by atoms with Crippen LogP contribution < -0.4 is 0 Å². The highest BCUT2D eigenvalue weighted by Gasteiger charge is 2.13. The van der Waals surface area contributed by atoms with E-state index in [1.165, 1.54) is 0 Å². The molecule has 1 aromatic rings. The van der Waals surface area contributed by atoms with Crippen LogP contribution in [0.15, 0.2) is 6.07 Å². The minimum Gasteiger partial charge on any atom is -0.477 e. The number of aromatic carboxylic acids is 1. The minimum atomic E-state index is -0.897. The standard InChI is InChI=1S/C11H18N2O2/c1-4-9-7-10(11(14)15)13(12-9)6-5-8(2)3/h7-8H,4-6H2,1-3H3,(H,14,15). The van der Waals surface area contributed by atoms with Crippen molar-refractivity contribution in [2.24, 2.45) is 5.92 Å². The van der Waals surface area contributed by atoms with Gasteiger partial charge in [-0.2, -0.15) is 5.10 Å². The molecule has 84 valence electrons. The molecule has 0 aliphatic heterocycles. The molecule has 1 N–H and O–H groups in total. The molecule has 4 heteroatoms. The first-order chi connectivity index (χ1) is 7.04. The third-order valence-corrected chi connectivity index (χ3v) is 2.33. The third-order valence-electron chi connectivity index (χ3n) is 2.33. The molecule has 0 saturated heterocycles. The molecule has 0 aromatic carbocycles. The van der Waals surface area contributed by atoms with Crippen molar-refractivity contribution in [3.05, 3.63) is 17.5 Å². The summed E-state index contributed by atoms with van der Waals surface area (Å²) in [7, 11) is 0. The minimum absolute atomic E-state index is 0.299. The molecule has 0 atom stereocenters. The van der Waals surface area contributed by atoms with Crippen LogP contribution >= 0.6 is 0 Å². The van der Waals surface area contributed by atoms with Crippen molar-refractivity contribution in [1.29, 1.82) is 0 Å². The van der Waals surface area contributed by atoms with E-state index in [0.29, 0.717) is 18.2 Å². The van der Waals surface area contributed by atoms with Gasteiger partial charge in [0.2, 0.25) is 0 Å². The molecular formula is C11H18N2O2. The van der Waals surface area contributed by atoms with Crippen molar-refractivity contribution in [1.82, 2.24) is 9.78 Å². The number of hydrogen-bond acceptors (Lipinski definition) is 2. The first-order valence-electron chi connectivity index (χ1n) is 5.34. The number of carboxylic acid groups (broad SMARTS) is 1. The fourth-order valence-corrected chi connectivity index (χ4v) is 1.37. The fourth-order valence-electron chi connectivity index (χ4n) is 1.37. The first kappa shape index (κ1) is 11.8. The Morgan fingerprint density at radius 1 is 1.60 bits per heavy atom. The summed E-state index contributed by atoms with van der Waals surface area (Å²) in [6.07, 6.45) is 1.72. The van der Waals surface area contributed by atoms with Crippen LogP contribution in [-0.4, -0.2) is 20.9 Å². The molecule has 0 unspecified atom stereocenters. The third kappa shape index (κ3) is 3.08. The number of aryl methyl sites for hydroxylation is 2. The summed E-state index contributed by atoms with van der Waals surface area (Å²) in [4.78, 5) is 10.9. The Balaban J connectivity index is 2.84. The van der Waals surface area contributed by atoms with Crippen LogP contribution in [0.2, 0.25) is 0 Å². The summed E-state index contributed by atoms with van der Waals surface area (Å²) in [5.41, 5.74) is 1.14. The van der Waals surface area contributed by atoms with Gasteiger partial charge in [-0.15, -0.1) is 0 Å². The van der Waals surface area contributed by atoms with Crippen LogP contribution in [-0.2, 0) is 13.0 Å². The average Bonchev–Trinajstić information content (AvgIpc) is 2.57. The van der Waals surface area contributed by atoms with Crippen LogP contribution in [0.3, 0.4) is 0 Å². The van der Waals surface area contributed by atoms with Crippen molar-refractivity contribution in [2.75, 3.05) is 0 Å². The highest BCUT2D eigenvalue weighted by molar-refractivity contribution is 5.85. The van der Waals surface area contributed by atoms with Crippen molar-refractivity contribution in [2.45, 2.75) is 40.2 Å². The molecule has 1 rings (SSSR count). The molecule has 0 amide bonds. The quantitative estimate of drug-likeness (QED) is 0.810. The summed E-state index contributed by atoms with van der Waals surface area (Å²) in [5, 5.41) is 13.2. The molecule has 0 fully saturated rings. The summed E-state index contributed by atoms with van der Waals surface area (Å²) in [5.74, 6) is -0.341. The summed E-state index contributed by atoms with van der Waals surface area (Å²) in [6.45, 7) is 6.88. The maximum atomic E-state index is 10.9. The van der Waals surface area contributed by atoms with E-state index >= 15 is 0 Å². The van der Waals surface area contributed by atoms with Gasteiger partial charge in [0.15, 0.2) is 0 Å². The highest BCUT2D eigenvalue weighted by atomic mass is 16.4. The van der Waals surface area contributed by atoms with Gasteiger partial charge in [-0.1, -0.05) is 20.8 Å². The van der Waals surface area contributed by atoms with Crippen molar-refractivity contribution in [3.8, 4) is 0 Å². The predicted molar refractivity (Wildman–Crippen MR) is 58.0 cm³/mol. The van der Waals surface area contributed by atoms with Crippen LogP contribution in [0.25, 0.3) is 0 Å². The number of rotatable bonds is 5. The van der Waals surface area contributed by atoms with E-state index in [1.807, 2.05) is 6.92 Å². The van der Waals surface area contributed by atoms with Gasteiger partial charge in [-0.3, -0.25) is 4.68 Å².